The van der Waals surface area contributed by atoms with Crippen LogP contribution >= 0.6 is 11.6 Å². The molecule has 0 saturated carbocycles. The van der Waals surface area contributed by atoms with Crippen LogP contribution in [0.5, 0.6) is 17.2 Å². The van der Waals surface area contributed by atoms with Crippen LogP contribution in [0, 0.1) is 12.7 Å². The molecule has 1 saturated heterocycles. The number of amides is 1. The van der Waals surface area contributed by atoms with Crippen molar-refractivity contribution < 1.29 is 24.1 Å². The molecule has 1 fully saturated rings. The molecule has 2 atom stereocenters. The minimum atomic E-state index is -0.955. The second-order valence-electron chi connectivity index (χ2n) is 11.8. The second kappa shape index (κ2) is 11.4. The number of hydrogen-bond donors (Lipinski definition) is 2. The quantitative estimate of drug-likeness (QED) is 0.284. The molecule has 4 heterocycles. The van der Waals surface area contributed by atoms with E-state index in [9.17, 15) is 19.8 Å². The maximum absolute atomic E-state index is 17.4. The fraction of sp³-hybridized carbons (Fsp3) is 0.333. The lowest BCUT2D eigenvalue weighted by atomic mass is 9.97. The first-order valence-corrected chi connectivity index (χ1v) is 15.1. The van der Waals surface area contributed by atoms with Gasteiger partial charge in [-0.25, -0.2) is 9.18 Å². The summed E-state index contributed by atoms with van der Waals surface area (Å²) in [6.45, 7) is 11.9. The van der Waals surface area contributed by atoms with Crippen LogP contribution in [-0.2, 0) is 4.79 Å². The summed E-state index contributed by atoms with van der Waals surface area (Å²) in [6.07, 6.45) is 3.33. The van der Waals surface area contributed by atoms with E-state index in [4.69, 9.17) is 16.3 Å². The summed E-state index contributed by atoms with van der Waals surface area (Å²) in [7, 11) is 0. The van der Waals surface area contributed by atoms with Crippen LogP contribution < -0.4 is 15.3 Å². The van der Waals surface area contributed by atoms with Gasteiger partial charge in [-0.1, -0.05) is 38.1 Å². The van der Waals surface area contributed by atoms with E-state index in [1.807, 2.05) is 25.7 Å². The van der Waals surface area contributed by atoms with E-state index in [0.29, 0.717) is 36.5 Å². The Morgan fingerprint density at radius 3 is 2.58 bits per heavy atom. The van der Waals surface area contributed by atoms with Crippen molar-refractivity contribution in [2.24, 2.45) is 0 Å². The van der Waals surface area contributed by atoms with Crippen molar-refractivity contribution in [2.45, 2.75) is 52.1 Å². The smallest absolute Gasteiger partial charge is 0.354 e. The number of phenolic OH excluding ortho intramolecular Hbond substituents is 2. The van der Waals surface area contributed by atoms with Crippen LogP contribution in [-0.4, -0.2) is 67.3 Å². The first-order valence-electron chi connectivity index (χ1n) is 14.7. The molecule has 2 aliphatic heterocycles. The first-order chi connectivity index (χ1) is 21.5. The van der Waals surface area contributed by atoms with E-state index in [1.165, 1.54) is 28.8 Å². The maximum atomic E-state index is 17.4. The molecule has 10 nitrogen and oxygen atoms in total. The minimum Gasteiger partial charge on any atom is -0.507 e. The standard InChI is InChI=1S/C33H33ClFN5O5/c1-6-22(43)38-14-18(5)39-19(15-38)11-13-45-31-25-30(27(35)24(26(31)34)23-20(41)8-7-9-21(23)42)40(33(44)37-32(25)39)29-17(4)10-12-36-28(29)16(2)3/h6-10,12,16,18-19,41-42H,1,11,13-15H2,2-5H3. The molecular weight excluding hydrogens is 601 g/mol. The number of benzene rings is 2. The third kappa shape index (κ3) is 4.77. The maximum Gasteiger partial charge on any atom is 0.354 e. The van der Waals surface area contributed by atoms with Crippen LogP contribution in [0.4, 0.5) is 10.2 Å². The largest absolute Gasteiger partial charge is 0.507 e. The van der Waals surface area contributed by atoms with E-state index >= 15 is 4.39 Å². The lowest BCUT2D eigenvalue weighted by Gasteiger charge is -2.47. The van der Waals surface area contributed by atoms with Crippen LogP contribution in [0.25, 0.3) is 27.7 Å². The van der Waals surface area contributed by atoms with Gasteiger partial charge in [0.1, 0.15) is 22.8 Å². The number of rotatable bonds is 4. The summed E-state index contributed by atoms with van der Waals surface area (Å²) < 4.78 is 24.9. The van der Waals surface area contributed by atoms with Crippen molar-refractivity contribution in [1.82, 2.24) is 19.4 Å². The molecule has 2 aromatic heterocycles. The summed E-state index contributed by atoms with van der Waals surface area (Å²) >= 11 is 6.95. The molecule has 45 heavy (non-hydrogen) atoms. The third-order valence-corrected chi connectivity index (χ3v) is 8.92. The summed E-state index contributed by atoms with van der Waals surface area (Å²) in [6, 6.07) is 5.13. The van der Waals surface area contributed by atoms with Gasteiger partial charge in [-0.05, 0) is 49.6 Å². The zero-order valence-electron chi connectivity index (χ0n) is 25.3. The number of ether oxygens (including phenoxy) is 1. The minimum absolute atomic E-state index is 0.0601. The van der Waals surface area contributed by atoms with Gasteiger partial charge < -0.3 is 24.7 Å². The van der Waals surface area contributed by atoms with Crippen molar-refractivity contribution in [3.05, 3.63) is 75.7 Å². The van der Waals surface area contributed by atoms with Crippen molar-refractivity contribution in [1.29, 1.82) is 0 Å². The average molecular weight is 634 g/mol. The van der Waals surface area contributed by atoms with Gasteiger partial charge in [0, 0.05) is 37.3 Å². The molecule has 12 heteroatoms. The van der Waals surface area contributed by atoms with Gasteiger partial charge in [-0.2, -0.15) is 4.98 Å². The highest BCUT2D eigenvalue weighted by molar-refractivity contribution is 6.37. The number of fused-ring (bicyclic) bond motifs is 2. The Balaban J connectivity index is 1.79. The highest BCUT2D eigenvalue weighted by Crippen LogP contribution is 2.51. The topological polar surface area (TPSA) is 121 Å². The number of hydrogen-bond acceptors (Lipinski definition) is 8. The summed E-state index contributed by atoms with van der Waals surface area (Å²) in [4.78, 5) is 39.6. The first kappa shape index (κ1) is 30.4. The van der Waals surface area contributed by atoms with Crippen molar-refractivity contribution in [3.63, 3.8) is 0 Å². The molecule has 4 aromatic rings. The Labute approximate surface area is 264 Å². The molecule has 2 aromatic carbocycles. The number of carbonyl (C=O) groups excluding carboxylic acids is 1. The highest BCUT2D eigenvalue weighted by Gasteiger charge is 2.40. The van der Waals surface area contributed by atoms with Gasteiger partial charge in [-0.3, -0.25) is 14.3 Å². The fourth-order valence-corrected chi connectivity index (χ4v) is 6.91. The molecule has 0 radical (unpaired) electrons. The number of aromatic hydroxyl groups is 2. The molecule has 0 bridgehead atoms. The Morgan fingerprint density at radius 2 is 1.91 bits per heavy atom. The van der Waals surface area contributed by atoms with Gasteiger partial charge in [0.05, 0.1) is 40.0 Å². The SMILES string of the molecule is C=CC(=O)N1CC(C)N2c3nc(=O)n(-c4c(C)ccnc4C(C)C)c4c(F)c(-c5c(O)cccc5O)c(Cl)c(c34)OCCC2C1. The lowest BCUT2D eigenvalue weighted by molar-refractivity contribution is -0.127. The Bertz CT molecular complexity index is 1920. The Kier molecular flexibility index (Phi) is 7.68. The van der Waals surface area contributed by atoms with E-state index in [1.54, 1.807) is 24.1 Å². The number of phenols is 2. The number of pyridine rings is 1. The number of carbonyl (C=O) groups is 1. The normalized spacial score (nSPS) is 17.9. The number of aryl methyl sites for hydroxylation is 1. The van der Waals surface area contributed by atoms with Gasteiger partial charge in [0.25, 0.3) is 0 Å². The molecule has 234 valence electrons. The molecular formula is C33H33ClFN5O5. The van der Waals surface area contributed by atoms with E-state index in [0.717, 1.165) is 0 Å². The monoisotopic (exact) mass is 633 g/mol. The predicted octanol–water partition coefficient (Wildman–Crippen LogP) is 5.46. The lowest BCUT2D eigenvalue weighted by Crippen LogP contribution is -2.60. The number of aromatic nitrogens is 3. The highest BCUT2D eigenvalue weighted by atomic mass is 35.5. The number of piperazine rings is 1. The zero-order valence-corrected chi connectivity index (χ0v) is 26.1. The summed E-state index contributed by atoms with van der Waals surface area (Å²) in [5, 5.41) is 21.6. The van der Waals surface area contributed by atoms with E-state index in [2.05, 4.69) is 16.5 Å². The van der Waals surface area contributed by atoms with Crippen LogP contribution in [0.3, 0.4) is 0 Å². The predicted molar refractivity (Wildman–Crippen MR) is 170 cm³/mol. The third-order valence-electron chi connectivity index (χ3n) is 8.56. The molecule has 2 aliphatic rings. The Hall–Kier alpha value is -4.64. The fourth-order valence-electron chi connectivity index (χ4n) is 6.59. The molecule has 0 aliphatic carbocycles. The average Bonchev–Trinajstić information content (AvgIpc) is 2.98. The van der Waals surface area contributed by atoms with Crippen LogP contribution in [0.1, 0.15) is 44.4 Å². The molecule has 0 spiro atoms. The van der Waals surface area contributed by atoms with E-state index < -0.39 is 23.0 Å². The second-order valence-corrected chi connectivity index (χ2v) is 12.2. The van der Waals surface area contributed by atoms with Crippen LogP contribution in [0.15, 0.2) is 47.9 Å². The van der Waals surface area contributed by atoms with E-state index in [-0.39, 0.29) is 69.1 Å². The molecule has 6 rings (SSSR count). The zero-order chi connectivity index (χ0) is 32.3. The molecule has 2 N–H and O–H groups in total. The van der Waals surface area contributed by atoms with Crippen LogP contribution in [0.2, 0.25) is 5.02 Å². The summed E-state index contributed by atoms with van der Waals surface area (Å²) in [5.74, 6) is -1.90. The number of nitrogens with zero attached hydrogens (tertiary/aromatic N) is 5. The summed E-state index contributed by atoms with van der Waals surface area (Å²) in [5.41, 5.74) is 0.0696. The van der Waals surface area contributed by atoms with Gasteiger partial charge in [0.15, 0.2) is 11.6 Å². The van der Waals surface area contributed by atoms with Crippen molar-refractivity contribution in [2.75, 3.05) is 24.6 Å². The Morgan fingerprint density at radius 1 is 1.20 bits per heavy atom. The molecule has 2 unspecified atom stereocenters. The molecule has 1 amide bonds. The van der Waals surface area contributed by atoms with Crippen molar-refractivity contribution in [3.8, 4) is 34.1 Å². The van der Waals surface area contributed by atoms with Gasteiger partial charge in [-0.15, -0.1) is 0 Å². The number of halogens is 2. The van der Waals surface area contributed by atoms with Crippen molar-refractivity contribution >= 4 is 34.2 Å². The van der Waals surface area contributed by atoms with Gasteiger partial charge in [0.2, 0.25) is 5.91 Å². The van der Waals surface area contributed by atoms with Gasteiger partial charge >= 0.3 is 5.69 Å². The number of anilines is 1.